The Morgan fingerprint density at radius 2 is 1.86 bits per heavy atom. The van der Waals surface area contributed by atoms with Crippen molar-refractivity contribution in [2.75, 3.05) is 16.8 Å². The number of anilines is 2. The van der Waals surface area contributed by atoms with Gasteiger partial charge in [0, 0.05) is 24.2 Å². The lowest BCUT2D eigenvalue weighted by Gasteiger charge is -2.30. The van der Waals surface area contributed by atoms with Crippen molar-refractivity contribution < 1.29 is 9.59 Å². The third-order valence-corrected chi connectivity index (χ3v) is 3.64. The maximum Gasteiger partial charge on any atom is 0.326 e. The van der Waals surface area contributed by atoms with Crippen molar-refractivity contribution >= 4 is 23.2 Å². The molecule has 0 bridgehead atoms. The van der Waals surface area contributed by atoms with E-state index in [1.165, 1.54) is 0 Å². The number of hydrogen-bond donors (Lipinski definition) is 1. The summed E-state index contributed by atoms with van der Waals surface area (Å²) < 4.78 is 0. The number of aryl methyl sites for hydroxylation is 1. The van der Waals surface area contributed by atoms with E-state index in [1.54, 1.807) is 11.0 Å². The van der Waals surface area contributed by atoms with Crippen LogP contribution in [0, 0.1) is 6.92 Å². The van der Waals surface area contributed by atoms with Gasteiger partial charge in [-0.25, -0.2) is 4.79 Å². The molecule has 2 amide bonds. The molecule has 0 atom stereocenters. The number of Topliss-reactive ketones (excluding diaryl/α,β-unsaturated/α-hetero) is 1. The number of ketones is 1. The Kier molecular flexibility index (Phi) is 3.44. The van der Waals surface area contributed by atoms with Gasteiger partial charge in [0.25, 0.3) is 0 Å². The molecule has 0 saturated carbocycles. The monoisotopic (exact) mass is 280 g/mol. The Bertz CT molecular complexity index is 695. The Balaban J connectivity index is 1.92. The summed E-state index contributed by atoms with van der Waals surface area (Å²) in [5.74, 6) is 0.0949. The minimum Gasteiger partial charge on any atom is -0.308 e. The van der Waals surface area contributed by atoms with Gasteiger partial charge in [-0.1, -0.05) is 30.3 Å². The number of para-hydroxylation sites is 2. The third-order valence-electron chi connectivity index (χ3n) is 3.64. The first kappa shape index (κ1) is 13.4. The fourth-order valence-corrected chi connectivity index (χ4v) is 2.62. The molecule has 0 unspecified atom stereocenters. The second-order valence-corrected chi connectivity index (χ2v) is 5.09. The number of urea groups is 1. The van der Waals surface area contributed by atoms with Gasteiger partial charge in [0.05, 0.1) is 5.69 Å². The minimum atomic E-state index is -0.204. The average molecular weight is 280 g/mol. The Morgan fingerprint density at radius 3 is 2.62 bits per heavy atom. The summed E-state index contributed by atoms with van der Waals surface area (Å²) in [6.07, 6.45) is 0.360. The standard InChI is InChI=1S/C17H16N2O2/c1-12-6-5-9-14-15(20)10-11-19(16(12)14)17(21)18-13-7-3-2-4-8-13/h2-9H,10-11H2,1H3,(H,18,21). The van der Waals surface area contributed by atoms with Crippen LogP contribution in [0.2, 0.25) is 0 Å². The van der Waals surface area contributed by atoms with Crippen molar-refractivity contribution in [1.29, 1.82) is 0 Å². The summed E-state index contributed by atoms with van der Waals surface area (Å²) in [6.45, 7) is 2.33. The van der Waals surface area contributed by atoms with Crippen molar-refractivity contribution in [3.63, 3.8) is 0 Å². The zero-order chi connectivity index (χ0) is 14.8. The highest BCUT2D eigenvalue weighted by Crippen LogP contribution is 2.30. The zero-order valence-corrected chi connectivity index (χ0v) is 11.8. The molecule has 1 aliphatic rings. The van der Waals surface area contributed by atoms with Gasteiger partial charge in [-0.2, -0.15) is 0 Å². The summed E-state index contributed by atoms with van der Waals surface area (Å²) in [7, 11) is 0. The van der Waals surface area contributed by atoms with Crippen LogP contribution in [0.1, 0.15) is 22.3 Å². The Labute approximate surface area is 123 Å². The summed E-state index contributed by atoms with van der Waals surface area (Å²) in [6, 6.07) is 14.7. The van der Waals surface area contributed by atoms with Crippen molar-refractivity contribution in [3.8, 4) is 0 Å². The number of benzene rings is 2. The van der Waals surface area contributed by atoms with Gasteiger partial charge in [0.2, 0.25) is 0 Å². The highest BCUT2D eigenvalue weighted by molar-refractivity contribution is 6.11. The molecule has 106 valence electrons. The number of amides is 2. The molecule has 3 rings (SSSR count). The Hall–Kier alpha value is -2.62. The van der Waals surface area contributed by atoms with Gasteiger partial charge in [0.1, 0.15) is 0 Å². The molecule has 1 heterocycles. The number of fused-ring (bicyclic) bond motifs is 1. The second kappa shape index (κ2) is 5.40. The predicted molar refractivity (Wildman–Crippen MR) is 82.9 cm³/mol. The predicted octanol–water partition coefficient (Wildman–Crippen LogP) is 3.62. The van der Waals surface area contributed by atoms with E-state index in [2.05, 4.69) is 5.32 Å². The number of carbonyl (C=O) groups is 2. The minimum absolute atomic E-state index is 0.0949. The van der Waals surface area contributed by atoms with Crippen molar-refractivity contribution in [2.45, 2.75) is 13.3 Å². The van der Waals surface area contributed by atoms with E-state index >= 15 is 0 Å². The fraction of sp³-hybridized carbons (Fsp3) is 0.176. The summed E-state index contributed by atoms with van der Waals surface area (Å²) >= 11 is 0. The molecule has 1 aliphatic heterocycles. The zero-order valence-electron chi connectivity index (χ0n) is 11.8. The summed E-state index contributed by atoms with van der Waals surface area (Å²) in [5.41, 5.74) is 3.03. The number of rotatable bonds is 1. The number of carbonyl (C=O) groups excluding carboxylic acids is 2. The second-order valence-electron chi connectivity index (χ2n) is 5.09. The molecule has 0 saturated heterocycles. The van der Waals surface area contributed by atoms with Gasteiger partial charge in [0.15, 0.2) is 5.78 Å². The van der Waals surface area contributed by atoms with Crippen LogP contribution in [0.4, 0.5) is 16.2 Å². The first-order chi connectivity index (χ1) is 10.2. The van der Waals surface area contributed by atoms with Crippen molar-refractivity contribution in [3.05, 3.63) is 59.7 Å². The Morgan fingerprint density at radius 1 is 1.10 bits per heavy atom. The molecule has 2 aromatic carbocycles. The van der Waals surface area contributed by atoms with Crippen LogP contribution in [0.3, 0.4) is 0 Å². The molecule has 1 N–H and O–H groups in total. The largest absolute Gasteiger partial charge is 0.326 e. The molecule has 0 aliphatic carbocycles. The van der Waals surface area contributed by atoms with E-state index in [0.717, 1.165) is 16.9 Å². The van der Waals surface area contributed by atoms with E-state index in [4.69, 9.17) is 0 Å². The lowest BCUT2D eigenvalue weighted by atomic mass is 9.97. The van der Waals surface area contributed by atoms with E-state index < -0.39 is 0 Å². The number of hydrogen-bond acceptors (Lipinski definition) is 2. The quantitative estimate of drug-likeness (QED) is 0.867. The molecule has 0 fully saturated rings. The van der Waals surface area contributed by atoms with E-state index in [1.807, 2.05) is 49.4 Å². The molecular weight excluding hydrogens is 264 g/mol. The molecule has 4 heteroatoms. The van der Waals surface area contributed by atoms with Gasteiger partial charge in [-0.3, -0.25) is 9.69 Å². The third kappa shape index (κ3) is 2.52. The van der Waals surface area contributed by atoms with Gasteiger partial charge >= 0.3 is 6.03 Å². The lowest BCUT2D eigenvalue weighted by molar-refractivity contribution is 0.0981. The van der Waals surface area contributed by atoms with Crippen LogP contribution in [0.15, 0.2) is 48.5 Å². The highest BCUT2D eigenvalue weighted by Gasteiger charge is 2.28. The molecular formula is C17H16N2O2. The van der Waals surface area contributed by atoms with Crippen LogP contribution in [-0.2, 0) is 0 Å². The first-order valence-electron chi connectivity index (χ1n) is 6.93. The van der Waals surface area contributed by atoms with Crippen LogP contribution in [0.5, 0.6) is 0 Å². The van der Waals surface area contributed by atoms with E-state index in [9.17, 15) is 9.59 Å². The molecule has 21 heavy (non-hydrogen) atoms. The normalized spacial score (nSPS) is 13.8. The topological polar surface area (TPSA) is 49.4 Å². The lowest BCUT2D eigenvalue weighted by Crippen LogP contribution is -2.40. The van der Waals surface area contributed by atoms with Gasteiger partial charge < -0.3 is 5.32 Å². The van der Waals surface area contributed by atoms with Gasteiger partial charge in [-0.15, -0.1) is 0 Å². The SMILES string of the molecule is Cc1cccc2c1N(C(=O)Nc1ccccc1)CCC2=O. The smallest absolute Gasteiger partial charge is 0.308 e. The highest BCUT2D eigenvalue weighted by atomic mass is 16.2. The van der Waals surface area contributed by atoms with E-state index in [0.29, 0.717) is 18.5 Å². The number of nitrogens with one attached hydrogen (secondary N) is 1. The van der Waals surface area contributed by atoms with Crippen molar-refractivity contribution in [1.82, 2.24) is 0 Å². The maximum absolute atomic E-state index is 12.5. The van der Waals surface area contributed by atoms with Crippen LogP contribution in [0.25, 0.3) is 0 Å². The summed E-state index contributed by atoms with van der Waals surface area (Å²) in [5, 5.41) is 2.87. The van der Waals surface area contributed by atoms with Crippen LogP contribution >= 0.6 is 0 Å². The molecule has 0 radical (unpaired) electrons. The molecule has 0 spiro atoms. The van der Waals surface area contributed by atoms with Crippen molar-refractivity contribution in [2.24, 2.45) is 0 Å². The first-order valence-corrected chi connectivity index (χ1v) is 6.93. The fourth-order valence-electron chi connectivity index (χ4n) is 2.62. The maximum atomic E-state index is 12.5. The number of nitrogens with zero attached hydrogens (tertiary/aromatic N) is 1. The van der Waals surface area contributed by atoms with Gasteiger partial charge in [-0.05, 0) is 30.7 Å². The average Bonchev–Trinajstić information content (AvgIpc) is 2.49. The molecule has 2 aromatic rings. The molecule has 4 nitrogen and oxygen atoms in total. The van der Waals surface area contributed by atoms with Crippen LogP contribution in [-0.4, -0.2) is 18.4 Å². The summed E-state index contributed by atoms with van der Waals surface area (Å²) in [4.78, 5) is 26.2. The van der Waals surface area contributed by atoms with Crippen LogP contribution < -0.4 is 10.2 Å². The van der Waals surface area contributed by atoms with E-state index in [-0.39, 0.29) is 11.8 Å². The molecule has 0 aromatic heterocycles.